The van der Waals surface area contributed by atoms with Gasteiger partial charge < -0.3 is 20.6 Å². The van der Waals surface area contributed by atoms with E-state index in [0.717, 1.165) is 46.3 Å². The van der Waals surface area contributed by atoms with Gasteiger partial charge in [0.15, 0.2) is 4.34 Å². The number of carbonyl (C=O) groups excluding carboxylic acids is 2. The van der Waals surface area contributed by atoms with Crippen LogP contribution in [0, 0.1) is 12.3 Å². The van der Waals surface area contributed by atoms with Crippen molar-refractivity contribution in [2.75, 3.05) is 24.6 Å². The molecule has 32 heavy (non-hydrogen) atoms. The SMILES string of the molecule is CC(=O)N(C1=C(CN)CCCC1)C1C(=O)N2CC(CSc3nnc(C)s3)(C(=O)O)CS[C@H]12. The summed E-state index contributed by atoms with van der Waals surface area (Å²) in [7, 11) is 0. The van der Waals surface area contributed by atoms with E-state index in [1.54, 1.807) is 9.80 Å². The fourth-order valence-corrected chi connectivity index (χ4v) is 8.26. The van der Waals surface area contributed by atoms with E-state index in [1.165, 1.54) is 41.8 Å². The predicted molar refractivity (Wildman–Crippen MR) is 124 cm³/mol. The summed E-state index contributed by atoms with van der Waals surface area (Å²) in [6, 6.07) is -0.586. The molecular weight excluding hydrogens is 470 g/mol. The van der Waals surface area contributed by atoms with Crippen LogP contribution >= 0.6 is 34.9 Å². The lowest BCUT2D eigenvalue weighted by Crippen LogP contribution is -2.74. The van der Waals surface area contributed by atoms with Crippen LogP contribution in [0.4, 0.5) is 0 Å². The topological polar surface area (TPSA) is 130 Å². The zero-order chi connectivity index (χ0) is 23.0. The van der Waals surface area contributed by atoms with Gasteiger partial charge in [0, 0.05) is 37.2 Å². The second-order valence-electron chi connectivity index (χ2n) is 8.42. The lowest BCUT2D eigenvalue weighted by Gasteiger charge is -2.56. The number of hydrogen-bond donors (Lipinski definition) is 2. The molecule has 12 heteroatoms. The van der Waals surface area contributed by atoms with Crippen LogP contribution in [0.3, 0.4) is 0 Å². The number of amides is 2. The van der Waals surface area contributed by atoms with Gasteiger partial charge in [0.05, 0.1) is 0 Å². The molecule has 2 amide bonds. The number of aliphatic carboxylic acids is 1. The minimum atomic E-state index is -1.07. The zero-order valence-corrected chi connectivity index (χ0v) is 20.5. The molecule has 9 nitrogen and oxygen atoms in total. The lowest BCUT2D eigenvalue weighted by atomic mass is 9.88. The third-order valence-corrected chi connectivity index (χ3v) is 10.1. The number of carboxylic acids is 1. The van der Waals surface area contributed by atoms with Crippen LogP contribution in [0.15, 0.2) is 15.6 Å². The van der Waals surface area contributed by atoms with E-state index < -0.39 is 17.4 Å². The molecule has 2 saturated heterocycles. The Kier molecular flexibility index (Phi) is 6.85. The van der Waals surface area contributed by atoms with Crippen LogP contribution in [0.2, 0.25) is 0 Å². The van der Waals surface area contributed by atoms with Gasteiger partial charge in [-0.1, -0.05) is 23.1 Å². The van der Waals surface area contributed by atoms with E-state index >= 15 is 0 Å². The van der Waals surface area contributed by atoms with Crippen molar-refractivity contribution in [1.29, 1.82) is 0 Å². The summed E-state index contributed by atoms with van der Waals surface area (Å²) in [5, 5.41) is 18.7. The minimum Gasteiger partial charge on any atom is -0.481 e. The van der Waals surface area contributed by atoms with Gasteiger partial charge in [0.2, 0.25) is 11.8 Å². The molecule has 0 radical (unpaired) electrons. The molecule has 2 unspecified atom stereocenters. The van der Waals surface area contributed by atoms with Crippen LogP contribution in [-0.2, 0) is 14.4 Å². The van der Waals surface area contributed by atoms with E-state index in [0.29, 0.717) is 18.1 Å². The molecule has 3 aliphatic rings. The molecule has 3 atom stereocenters. The smallest absolute Gasteiger partial charge is 0.313 e. The fraction of sp³-hybridized carbons (Fsp3) is 0.650. The van der Waals surface area contributed by atoms with Crippen LogP contribution in [0.5, 0.6) is 0 Å². The molecule has 2 fully saturated rings. The van der Waals surface area contributed by atoms with E-state index in [2.05, 4.69) is 10.2 Å². The first-order chi connectivity index (χ1) is 15.3. The van der Waals surface area contributed by atoms with Crippen LogP contribution in [0.25, 0.3) is 0 Å². The Bertz CT molecular complexity index is 967. The minimum absolute atomic E-state index is 0.134. The average Bonchev–Trinajstić information content (AvgIpc) is 3.20. The maximum absolute atomic E-state index is 13.2. The Hall–Kier alpha value is -1.63. The summed E-state index contributed by atoms with van der Waals surface area (Å²) in [5.74, 6) is -0.591. The van der Waals surface area contributed by atoms with Crippen molar-refractivity contribution in [3.05, 3.63) is 16.3 Å². The Labute approximate surface area is 199 Å². The molecule has 1 aromatic rings. The van der Waals surface area contributed by atoms with Gasteiger partial charge >= 0.3 is 5.97 Å². The molecule has 0 spiro atoms. The van der Waals surface area contributed by atoms with Crippen LogP contribution in [-0.4, -0.2) is 78.9 Å². The summed E-state index contributed by atoms with van der Waals surface area (Å²) in [4.78, 5) is 41.4. The highest BCUT2D eigenvalue weighted by Gasteiger charge is 2.59. The molecular formula is C20H27N5O4S3. The summed E-state index contributed by atoms with van der Waals surface area (Å²) < 4.78 is 0.726. The second kappa shape index (κ2) is 9.32. The molecule has 3 N–H and O–H groups in total. The predicted octanol–water partition coefficient (Wildman–Crippen LogP) is 1.93. The lowest BCUT2D eigenvalue weighted by molar-refractivity contribution is -0.163. The van der Waals surface area contributed by atoms with Crippen molar-refractivity contribution < 1.29 is 19.5 Å². The molecule has 2 aliphatic heterocycles. The van der Waals surface area contributed by atoms with Crippen molar-refractivity contribution >= 4 is 52.6 Å². The third-order valence-electron chi connectivity index (χ3n) is 6.25. The largest absolute Gasteiger partial charge is 0.481 e. The maximum atomic E-state index is 13.2. The molecule has 0 aromatic carbocycles. The highest BCUT2D eigenvalue weighted by Crippen LogP contribution is 2.47. The normalized spacial score (nSPS) is 27.7. The van der Waals surface area contributed by atoms with Crippen molar-refractivity contribution in [1.82, 2.24) is 20.0 Å². The van der Waals surface area contributed by atoms with Gasteiger partial charge in [-0.3, -0.25) is 14.4 Å². The van der Waals surface area contributed by atoms with Crippen molar-refractivity contribution in [3.63, 3.8) is 0 Å². The molecule has 1 aliphatic carbocycles. The highest BCUT2D eigenvalue weighted by molar-refractivity contribution is 8.01. The molecule has 4 rings (SSSR count). The van der Waals surface area contributed by atoms with Gasteiger partial charge in [0.1, 0.15) is 21.8 Å². The number of fused-ring (bicyclic) bond motifs is 1. The van der Waals surface area contributed by atoms with Crippen LogP contribution in [0.1, 0.15) is 37.6 Å². The fourth-order valence-electron chi connectivity index (χ4n) is 4.54. The van der Waals surface area contributed by atoms with Crippen molar-refractivity contribution in [2.45, 2.75) is 55.3 Å². The molecule has 3 heterocycles. The Morgan fingerprint density at radius 3 is 2.72 bits per heavy atom. The maximum Gasteiger partial charge on any atom is 0.313 e. The average molecular weight is 498 g/mol. The Morgan fingerprint density at radius 1 is 1.34 bits per heavy atom. The monoisotopic (exact) mass is 497 g/mol. The quantitative estimate of drug-likeness (QED) is 0.429. The van der Waals surface area contributed by atoms with Gasteiger partial charge in [-0.15, -0.1) is 22.0 Å². The number of rotatable bonds is 7. The van der Waals surface area contributed by atoms with Gasteiger partial charge in [0.25, 0.3) is 0 Å². The van der Waals surface area contributed by atoms with Crippen molar-refractivity contribution in [2.24, 2.45) is 11.1 Å². The van der Waals surface area contributed by atoms with Crippen LogP contribution < -0.4 is 5.73 Å². The van der Waals surface area contributed by atoms with Crippen molar-refractivity contribution in [3.8, 4) is 0 Å². The number of carbonyl (C=O) groups is 3. The van der Waals surface area contributed by atoms with E-state index in [9.17, 15) is 19.5 Å². The first-order valence-corrected chi connectivity index (χ1v) is 13.4. The number of allylic oxidation sites excluding steroid dienone is 1. The number of aromatic nitrogens is 2. The molecule has 174 valence electrons. The third kappa shape index (κ3) is 4.17. The van der Waals surface area contributed by atoms with Gasteiger partial charge in [-0.2, -0.15) is 0 Å². The molecule has 0 saturated carbocycles. The van der Waals surface area contributed by atoms with E-state index in [4.69, 9.17) is 5.73 Å². The number of β-lactam (4-membered cyclic amide) rings is 1. The first kappa shape index (κ1) is 23.5. The summed E-state index contributed by atoms with van der Waals surface area (Å²) in [6.45, 7) is 3.86. The van der Waals surface area contributed by atoms with Gasteiger partial charge in [-0.05, 0) is 38.2 Å². The summed E-state index contributed by atoms with van der Waals surface area (Å²) in [6.07, 6.45) is 3.60. The number of nitrogens with two attached hydrogens (primary N) is 1. The first-order valence-electron chi connectivity index (χ1n) is 10.6. The van der Waals surface area contributed by atoms with E-state index in [-0.39, 0.29) is 23.7 Å². The van der Waals surface area contributed by atoms with Gasteiger partial charge in [-0.25, -0.2) is 0 Å². The zero-order valence-electron chi connectivity index (χ0n) is 18.1. The number of thioether (sulfide) groups is 2. The Balaban J connectivity index is 1.52. The highest BCUT2D eigenvalue weighted by atomic mass is 32.2. The summed E-state index contributed by atoms with van der Waals surface area (Å²) >= 11 is 4.25. The van der Waals surface area contributed by atoms with E-state index in [1.807, 2.05) is 6.92 Å². The number of aryl methyl sites for hydroxylation is 1. The Morgan fingerprint density at radius 2 is 2.09 bits per heavy atom. The summed E-state index contributed by atoms with van der Waals surface area (Å²) in [5.41, 5.74) is 6.80. The standard InChI is InChI=1S/C20H27N5O4S3/c1-11-22-23-19(32-11)31-10-20(18(28)29)8-24-16(27)15(17(24)30-9-20)25(12(2)26)14-6-4-3-5-13(14)7-21/h15,17H,3-10,21H2,1-2H3,(H,28,29)/t15?,17-,20?/m1/s1. The molecule has 0 bridgehead atoms. The number of carboxylic acid groups (broad SMARTS) is 1. The second-order valence-corrected chi connectivity index (χ2v) is 11.9. The molecule has 1 aromatic heterocycles. The number of hydrogen-bond acceptors (Lipinski definition) is 9. The number of nitrogens with zero attached hydrogens (tertiary/aromatic N) is 4.